The highest BCUT2D eigenvalue weighted by atomic mass is 19.1. The van der Waals surface area contributed by atoms with E-state index in [0.29, 0.717) is 6.42 Å². The van der Waals surface area contributed by atoms with Crippen LogP contribution in [0.5, 0.6) is 5.75 Å². The van der Waals surface area contributed by atoms with E-state index in [0.717, 1.165) is 43.1 Å². The number of benzene rings is 1. The van der Waals surface area contributed by atoms with Crippen molar-refractivity contribution in [3.8, 4) is 5.75 Å². The molecule has 1 aromatic carbocycles. The molecule has 1 unspecified atom stereocenters. The van der Waals surface area contributed by atoms with Crippen LogP contribution < -0.4 is 4.74 Å². The maximum atomic E-state index is 14.4. The van der Waals surface area contributed by atoms with Gasteiger partial charge >= 0.3 is 5.97 Å². The van der Waals surface area contributed by atoms with Crippen molar-refractivity contribution in [2.24, 2.45) is 17.8 Å². The van der Waals surface area contributed by atoms with E-state index in [1.54, 1.807) is 12.1 Å². The topological polar surface area (TPSA) is 26.3 Å². The molecule has 2 aliphatic rings. The summed E-state index contributed by atoms with van der Waals surface area (Å²) >= 11 is 0. The molecule has 0 radical (unpaired) electrons. The lowest BCUT2D eigenvalue weighted by molar-refractivity contribution is -0.139. The molecular weight excluding hydrogens is 327 g/mol. The van der Waals surface area contributed by atoms with Gasteiger partial charge in [0.2, 0.25) is 0 Å². The number of hydrogen-bond acceptors (Lipinski definition) is 2. The van der Waals surface area contributed by atoms with Crippen molar-refractivity contribution in [1.29, 1.82) is 0 Å². The number of halogens is 1. The molecule has 0 bridgehead atoms. The minimum Gasteiger partial charge on any atom is -0.423 e. The summed E-state index contributed by atoms with van der Waals surface area (Å²) in [7, 11) is 0. The Morgan fingerprint density at radius 2 is 1.96 bits per heavy atom. The number of allylic oxidation sites excluding steroid dienone is 2. The van der Waals surface area contributed by atoms with Crippen LogP contribution in [0.15, 0.2) is 29.8 Å². The first-order chi connectivity index (χ1) is 12.5. The predicted octanol–water partition coefficient (Wildman–Crippen LogP) is 6.24. The number of carbonyl (C=O) groups excluding carboxylic acids is 1. The van der Waals surface area contributed by atoms with E-state index in [1.807, 2.05) is 6.07 Å². The molecule has 3 rings (SSSR count). The lowest BCUT2D eigenvalue weighted by Gasteiger charge is -2.26. The molecule has 1 fully saturated rings. The van der Waals surface area contributed by atoms with Crippen molar-refractivity contribution in [3.05, 3.63) is 41.2 Å². The zero-order chi connectivity index (χ0) is 18.5. The van der Waals surface area contributed by atoms with Gasteiger partial charge in [-0.15, -0.1) is 0 Å². The zero-order valence-electron chi connectivity index (χ0n) is 16.1. The van der Waals surface area contributed by atoms with E-state index in [4.69, 9.17) is 4.74 Å². The fourth-order valence-electron chi connectivity index (χ4n) is 4.14. The molecule has 1 saturated carbocycles. The standard InChI is InChI=1S/C23H31FO2/c1-16-3-7-18(8-4-16)9-10-19-11-14-22(21(24)15-19)26-23(25)20-12-5-17(2)6-13-20/h5,11,14-16,18,20H,3-4,6-10,12-13H2,1-2H3. The molecule has 26 heavy (non-hydrogen) atoms. The van der Waals surface area contributed by atoms with Crippen molar-refractivity contribution in [3.63, 3.8) is 0 Å². The van der Waals surface area contributed by atoms with E-state index in [-0.39, 0.29) is 17.6 Å². The fraction of sp³-hybridized carbons (Fsp3) is 0.609. The van der Waals surface area contributed by atoms with Crippen LogP contribution in [-0.4, -0.2) is 5.97 Å². The summed E-state index contributed by atoms with van der Waals surface area (Å²) in [6.07, 6.45) is 11.8. The Bertz CT molecular complexity index is 656. The van der Waals surface area contributed by atoms with Gasteiger partial charge < -0.3 is 4.74 Å². The zero-order valence-corrected chi connectivity index (χ0v) is 16.1. The monoisotopic (exact) mass is 358 g/mol. The summed E-state index contributed by atoms with van der Waals surface area (Å²) in [5.74, 6) is 0.825. The van der Waals surface area contributed by atoms with Crippen LogP contribution in [0.4, 0.5) is 4.39 Å². The molecule has 2 aliphatic carbocycles. The van der Waals surface area contributed by atoms with Crippen LogP contribution in [0.2, 0.25) is 0 Å². The van der Waals surface area contributed by atoms with Crippen LogP contribution in [0.25, 0.3) is 0 Å². The van der Waals surface area contributed by atoms with Crippen molar-refractivity contribution in [2.75, 3.05) is 0 Å². The number of rotatable bonds is 5. The van der Waals surface area contributed by atoms with Crippen molar-refractivity contribution in [1.82, 2.24) is 0 Å². The minimum absolute atomic E-state index is 0.0662. The van der Waals surface area contributed by atoms with Gasteiger partial charge in [-0.1, -0.05) is 50.3 Å². The molecule has 0 amide bonds. The summed E-state index contributed by atoms with van der Waals surface area (Å²) in [4.78, 5) is 12.3. The van der Waals surface area contributed by atoms with Gasteiger partial charge in [0, 0.05) is 0 Å². The molecule has 0 spiro atoms. The Morgan fingerprint density at radius 1 is 1.19 bits per heavy atom. The summed E-state index contributed by atoms with van der Waals surface area (Å²) in [5.41, 5.74) is 2.31. The fourth-order valence-corrected chi connectivity index (χ4v) is 4.14. The number of esters is 1. The molecule has 1 aromatic rings. The average molecular weight is 358 g/mol. The Balaban J connectivity index is 1.51. The molecule has 0 heterocycles. The normalized spacial score (nSPS) is 26.3. The van der Waals surface area contributed by atoms with E-state index >= 15 is 0 Å². The summed E-state index contributed by atoms with van der Waals surface area (Å²) < 4.78 is 19.7. The molecular formula is C23H31FO2. The molecule has 0 aromatic heterocycles. The third-order valence-corrected chi connectivity index (χ3v) is 6.15. The highest BCUT2D eigenvalue weighted by Crippen LogP contribution is 2.32. The molecule has 0 aliphatic heterocycles. The molecule has 1 atom stereocenters. The van der Waals surface area contributed by atoms with E-state index in [9.17, 15) is 9.18 Å². The van der Waals surface area contributed by atoms with Crippen molar-refractivity contribution >= 4 is 5.97 Å². The third-order valence-electron chi connectivity index (χ3n) is 6.15. The average Bonchev–Trinajstić information content (AvgIpc) is 2.64. The van der Waals surface area contributed by atoms with Gasteiger partial charge in [0.05, 0.1) is 5.92 Å². The van der Waals surface area contributed by atoms with Crippen molar-refractivity contribution in [2.45, 2.75) is 71.6 Å². The van der Waals surface area contributed by atoms with Gasteiger partial charge in [-0.25, -0.2) is 4.39 Å². The van der Waals surface area contributed by atoms with E-state index < -0.39 is 5.82 Å². The number of ether oxygens (including phenoxy) is 1. The first-order valence-corrected chi connectivity index (χ1v) is 10.2. The minimum atomic E-state index is -0.421. The second-order valence-corrected chi connectivity index (χ2v) is 8.37. The van der Waals surface area contributed by atoms with Crippen molar-refractivity contribution < 1.29 is 13.9 Å². The Morgan fingerprint density at radius 3 is 2.62 bits per heavy atom. The first-order valence-electron chi connectivity index (χ1n) is 10.2. The molecule has 142 valence electrons. The largest absolute Gasteiger partial charge is 0.423 e. The third kappa shape index (κ3) is 5.18. The molecule has 3 heteroatoms. The summed E-state index contributed by atoms with van der Waals surface area (Å²) in [5, 5.41) is 0. The highest BCUT2D eigenvalue weighted by Gasteiger charge is 2.23. The maximum Gasteiger partial charge on any atom is 0.314 e. The van der Waals surface area contributed by atoms with Crippen LogP contribution in [0.1, 0.15) is 70.8 Å². The molecule has 0 saturated heterocycles. The second-order valence-electron chi connectivity index (χ2n) is 8.37. The van der Waals surface area contributed by atoms with Crippen LogP contribution >= 0.6 is 0 Å². The molecule has 2 nitrogen and oxygen atoms in total. The Labute approximate surface area is 156 Å². The smallest absolute Gasteiger partial charge is 0.314 e. The number of aryl methyl sites for hydroxylation is 1. The maximum absolute atomic E-state index is 14.4. The number of hydrogen-bond donors (Lipinski definition) is 0. The Kier molecular flexibility index (Phi) is 6.50. The van der Waals surface area contributed by atoms with Gasteiger partial charge in [-0.3, -0.25) is 4.79 Å². The lowest BCUT2D eigenvalue weighted by atomic mass is 9.80. The molecule has 0 N–H and O–H groups in total. The second kappa shape index (κ2) is 8.83. The predicted molar refractivity (Wildman–Crippen MR) is 103 cm³/mol. The van der Waals surface area contributed by atoms with E-state index in [1.165, 1.54) is 31.3 Å². The summed E-state index contributed by atoms with van der Waals surface area (Å²) in [6, 6.07) is 5.07. The number of carbonyl (C=O) groups is 1. The highest BCUT2D eigenvalue weighted by molar-refractivity contribution is 5.75. The van der Waals surface area contributed by atoms with Gasteiger partial charge in [0.15, 0.2) is 11.6 Å². The van der Waals surface area contributed by atoms with Gasteiger partial charge in [-0.05, 0) is 68.6 Å². The van der Waals surface area contributed by atoms with Crippen LogP contribution in [0, 0.1) is 23.6 Å². The first kappa shape index (κ1) is 19.1. The van der Waals surface area contributed by atoms with Crippen LogP contribution in [-0.2, 0) is 11.2 Å². The van der Waals surface area contributed by atoms with Crippen LogP contribution in [0.3, 0.4) is 0 Å². The van der Waals surface area contributed by atoms with Gasteiger partial charge in [0.25, 0.3) is 0 Å². The van der Waals surface area contributed by atoms with E-state index in [2.05, 4.69) is 19.9 Å². The Hall–Kier alpha value is -1.64. The van der Waals surface area contributed by atoms with Gasteiger partial charge in [-0.2, -0.15) is 0 Å². The lowest BCUT2D eigenvalue weighted by Crippen LogP contribution is -2.22. The SMILES string of the molecule is CC1=CCC(C(=O)Oc2ccc(CCC3CCC(C)CC3)cc2F)CC1. The quantitative estimate of drug-likeness (QED) is 0.354. The summed E-state index contributed by atoms with van der Waals surface area (Å²) in [6.45, 7) is 4.41. The van der Waals surface area contributed by atoms with Gasteiger partial charge in [0.1, 0.15) is 0 Å².